The van der Waals surface area contributed by atoms with Crippen LogP contribution in [0, 0.1) is 11.8 Å². The van der Waals surface area contributed by atoms with Crippen molar-refractivity contribution in [2.45, 2.75) is 58.9 Å². The second kappa shape index (κ2) is 8.43. The van der Waals surface area contributed by atoms with Crippen LogP contribution in [-0.4, -0.2) is 13.2 Å². The van der Waals surface area contributed by atoms with Crippen LogP contribution in [0.3, 0.4) is 0 Å². The SMILES string of the molecule is CCCNC(c1ccccc1OCCC)C1CCC(C)C1. The van der Waals surface area contributed by atoms with Crippen LogP contribution in [0.25, 0.3) is 0 Å². The molecular weight excluding hydrogens is 258 g/mol. The summed E-state index contributed by atoms with van der Waals surface area (Å²) in [4.78, 5) is 0. The van der Waals surface area contributed by atoms with E-state index in [0.29, 0.717) is 6.04 Å². The highest BCUT2D eigenvalue weighted by Crippen LogP contribution is 2.41. The normalized spacial score (nSPS) is 23.2. The van der Waals surface area contributed by atoms with Crippen LogP contribution in [-0.2, 0) is 0 Å². The molecule has 21 heavy (non-hydrogen) atoms. The monoisotopic (exact) mass is 289 g/mol. The molecule has 1 aromatic rings. The van der Waals surface area contributed by atoms with Crippen molar-refractivity contribution in [2.24, 2.45) is 11.8 Å². The van der Waals surface area contributed by atoms with Gasteiger partial charge < -0.3 is 10.1 Å². The number of hydrogen-bond donors (Lipinski definition) is 1. The van der Waals surface area contributed by atoms with Gasteiger partial charge in [0.05, 0.1) is 6.61 Å². The molecule has 2 heteroatoms. The molecule has 1 aliphatic rings. The molecule has 0 saturated heterocycles. The van der Waals surface area contributed by atoms with Crippen LogP contribution in [0.2, 0.25) is 0 Å². The van der Waals surface area contributed by atoms with Crippen LogP contribution in [0.4, 0.5) is 0 Å². The molecule has 0 spiro atoms. The van der Waals surface area contributed by atoms with E-state index in [4.69, 9.17) is 4.74 Å². The number of nitrogens with one attached hydrogen (secondary N) is 1. The van der Waals surface area contributed by atoms with Gasteiger partial charge in [0.15, 0.2) is 0 Å². The molecule has 118 valence electrons. The third-order valence-electron chi connectivity index (χ3n) is 4.54. The van der Waals surface area contributed by atoms with E-state index in [9.17, 15) is 0 Å². The van der Waals surface area contributed by atoms with Crippen molar-refractivity contribution in [3.63, 3.8) is 0 Å². The zero-order chi connectivity index (χ0) is 15.1. The van der Waals surface area contributed by atoms with E-state index in [2.05, 4.69) is 50.4 Å². The molecule has 1 N–H and O–H groups in total. The first-order valence-electron chi connectivity index (χ1n) is 8.71. The smallest absolute Gasteiger partial charge is 0.124 e. The van der Waals surface area contributed by atoms with E-state index in [1.165, 1.54) is 31.2 Å². The summed E-state index contributed by atoms with van der Waals surface area (Å²) in [6.45, 7) is 8.67. The lowest BCUT2D eigenvalue weighted by Gasteiger charge is -2.27. The molecule has 1 aromatic carbocycles. The molecule has 2 rings (SSSR count). The van der Waals surface area contributed by atoms with Crippen molar-refractivity contribution in [1.82, 2.24) is 5.32 Å². The van der Waals surface area contributed by atoms with Crippen LogP contribution in [0.5, 0.6) is 5.75 Å². The summed E-state index contributed by atoms with van der Waals surface area (Å²) in [5.41, 5.74) is 1.36. The minimum absolute atomic E-state index is 0.447. The van der Waals surface area contributed by atoms with Crippen molar-refractivity contribution >= 4 is 0 Å². The van der Waals surface area contributed by atoms with Crippen molar-refractivity contribution in [2.75, 3.05) is 13.2 Å². The maximum absolute atomic E-state index is 5.99. The number of benzene rings is 1. The average Bonchev–Trinajstić information content (AvgIpc) is 2.93. The predicted octanol–water partition coefficient (Wildman–Crippen LogP) is 4.95. The van der Waals surface area contributed by atoms with E-state index < -0.39 is 0 Å². The molecule has 1 aliphatic carbocycles. The predicted molar refractivity (Wildman–Crippen MR) is 89.8 cm³/mol. The Balaban J connectivity index is 2.19. The molecule has 3 unspecified atom stereocenters. The van der Waals surface area contributed by atoms with Gasteiger partial charge in [0.25, 0.3) is 0 Å². The molecule has 0 aliphatic heterocycles. The zero-order valence-electron chi connectivity index (χ0n) is 13.9. The first-order chi connectivity index (χ1) is 10.3. The molecule has 0 radical (unpaired) electrons. The lowest BCUT2D eigenvalue weighted by Crippen LogP contribution is -2.28. The van der Waals surface area contributed by atoms with E-state index >= 15 is 0 Å². The molecule has 3 atom stereocenters. The average molecular weight is 289 g/mol. The Bertz CT molecular complexity index is 418. The Morgan fingerprint density at radius 3 is 2.67 bits per heavy atom. The highest BCUT2D eigenvalue weighted by molar-refractivity contribution is 5.36. The maximum Gasteiger partial charge on any atom is 0.124 e. The van der Waals surface area contributed by atoms with Crippen LogP contribution in [0.15, 0.2) is 24.3 Å². The van der Waals surface area contributed by atoms with Crippen LogP contribution >= 0.6 is 0 Å². The Morgan fingerprint density at radius 1 is 1.19 bits per heavy atom. The van der Waals surface area contributed by atoms with Gasteiger partial charge in [0.1, 0.15) is 5.75 Å². The van der Waals surface area contributed by atoms with Crippen molar-refractivity contribution in [3.05, 3.63) is 29.8 Å². The zero-order valence-corrected chi connectivity index (χ0v) is 13.9. The Hall–Kier alpha value is -1.02. The number of para-hydroxylation sites is 1. The Morgan fingerprint density at radius 2 is 2.00 bits per heavy atom. The topological polar surface area (TPSA) is 21.3 Å². The lowest BCUT2D eigenvalue weighted by molar-refractivity contribution is 0.296. The van der Waals surface area contributed by atoms with Gasteiger partial charge in [-0.05, 0) is 50.1 Å². The molecule has 0 amide bonds. The van der Waals surface area contributed by atoms with Crippen LogP contribution < -0.4 is 10.1 Å². The largest absolute Gasteiger partial charge is 0.493 e. The van der Waals surface area contributed by atoms with Gasteiger partial charge in [0, 0.05) is 11.6 Å². The second-order valence-corrected chi connectivity index (χ2v) is 6.50. The molecule has 1 saturated carbocycles. The van der Waals surface area contributed by atoms with Gasteiger partial charge in [-0.25, -0.2) is 0 Å². The third kappa shape index (κ3) is 4.47. The van der Waals surface area contributed by atoms with Gasteiger partial charge in [-0.15, -0.1) is 0 Å². The minimum atomic E-state index is 0.447. The summed E-state index contributed by atoms with van der Waals surface area (Å²) < 4.78 is 5.99. The highest BCUT2D eigenvalue weighted by atomic mass is 16.5. The fourth-order valence-electron chi connectivity index (χ4n) is 3.47. The minimum Gasteiger partial charge on any atom is -0.493 e. The van der Waals surface area contributed by atoms with Crippen molar-refractivity contribution in [3.8, 4) is 5.75 Å². The Labute approximate surface area is 130 Å². The van der Waals surface area contributed by atoms with Crippen LogP contribution in [0.1, 0.15) is 64.5 Å². The first-order valence-corrected chi connectivity index (χ1v) is 8.71. The van der Waals surface area contributed by atoms with E-state index in [-0.39, 0.29) is 0 Å². The second-order valence-electron chi connectivity index (χ2n) is 6.50. The number of hydrogen-bond acceptors (Lipinski definition) is 2. The van der Waals surface area contributed by atoms with Crippen molar-refractivity contribution < 1.29 is 4.74 Å². The maximum atomic E-state index is 5.99. The third-order valence-corrected chi connectivity index (χ3v) is 4.54. The summed E-state index contributed by atoms with van der Waals surface area (Å²) in [5, 5.41) is 3.79. The molecule has 1 fully saturated rings. The first kappa shape index (κ1) is 16.4. The van der Waals surface area contributed by atoms with Crippen molar-refractivity contribution in [1.29, 1.82) is 0 Å². The highest BCUT2D eigenvalue weighted by Gasteiger charge is 2.30. The molecular formula is C19H31NO. The molecule has 2 nitrogen and oxygen atoms in total. The summed E-state index contributed by atoms with van der Waals surface area (Å²) in [6.07, 6.45) is 6.28. The lowest BCUT2D eigenvalue weighted by atomic mass is 9.90. The van der Waals surface area contributed by atoms with Gasteiger partial charge in [-0.3, -0.25) is 0 Å². The van der Waals surface area contributed by atoms with Gasteiger partial charge in [0.2, 0.25) is 0 Å². The van der Waals surface area contributed by atoms with E-state index in [1.54, 1.807) is 0 Å². The number of rotatable bonds is 8. The van der Waals surface area contributed by atoms with E-state index in [0.717, 1.165) is 37.2 Å². The number of ether oxygens (including phenoxy) is 1. The fourth-order valence-corrected chi connectivity index (χ4v) is 3.47. The Kier molecular flexibility index (Phi) is 6.56. The van der Waals surface area contributed by atoms with Gasteiger partial charge in [-0.1, -0.05) is 45.4 Å². The standard InChI is InChI=1S/C19H31NO/c1-4-12-20-19(16-11-10-15(3)14-16)17-8-6-7-9-18(17)21-13-5-2/h6-9,15-16,19-20H,4-5,10-14H2,1-3H3. The van der Waals surface area contributed by atoms with Gasteiger partial charge >= 0.3 is 0 Å². The summed E-state index contributed by atoms with van der Waals surface area (Å²) in [7, 11) is 0. The summed E-state index contributed by atoms with van der Waals surface area (Å²) >= 11 is 0. The molecule has 0 bridgehead atoms. The molecule has 0 heterocycles. The fraction of sp³-hybridized carbons (Fsp3) is 0.684. The summed E-state index contributed by atoms with van der Waals surface area (Å²) in [6, 6.07) is 9.06. The quantitative estimate of drug-likeness (QED) is 0.731. The van der Waals surface area contributed by atoms with Gasteiger partial charge in [-0.2, -0.15) is 0 Å². The molecule has 0 aromatic heterocycles. The van der Waals surface area contributed by atoms with E-state index in [1.807, 2.05) is 0 Å². The summed E-state index contributed by atoms with van der Waals surface area (Å²) in [5.74, 6) is 2.69.